The lowest BCUT2D eigenvalue weighted by Crippen LogP contribution is -2.59. The molecular weight excluding hydrogens is 272 g/mol. The molecule has 1 aliphatic rings. The molecule has 7 nitrogen and oxygen atoms in total. The minimum atomic E-state index is -1.15. The maximum absolute atomic E-state index is 12.0. The number of nitrogens with zero attached hydrogens (tertiary/aromatic N) is 2. The van der Waals surface area contributed by atoms with E-state index < -0.39 is 17.5 Å². The number of urea groups is 1. The van der Waals surface area contributed by atoms with Gasteiger partial charge in [-0.15, -0.1) is 0 Å². The predicted molar refractivity (Wildman–Crippen MR) is 76.6 cm³/mol. The second-order valence-corrected chi connectivity index (χ2v) is 5.85. The fourth-order valence-corrected chi connectivity index (χ4v) is 2.90. The molecule has 1 aromatic rings. The number of carboxylic acids is 1. The van der Waals surface area contributed by atoms with Gasteiger partial charge in [0.05, 0.1) is 6.54 Å². The maximum atomic E-state index is 12.0. The first kappa shape index (κ1) is 15.3. The SMILES string of the molecule is CC1CCCC(NC(=O)NCc2nccn2C)(C(=O)O)C1. The molecule has 2 amide bonds. The van der Waals surface area contributed by atoms with Crippen LogP contribution in [0.15, 0.2) is 12.4 Å². The van der Waals surface area contributed by atoms with Crippen LogP contribution in [0.5, 0.6) is 0 Å². The highest BCUT2D eigenvalue weighted by Gasteiger charge is 2.43. The lowest BCUT2D eigenvalue weighted by Gasteiger charge is -2.36. The van der Waals surface area contributed by atoms with E-state index in [4.69, 9.17) is 0 Å². The number of carbonyl (C=O) groups is 2. The molecule has 0 aromatic carbocycles. The lowest BCUT2D eigenvalue weighted by molar-refractivity contribution is -0.146. The number of nitrogens with one attached hydrogen (secondary N) is 2. The van der Waals surface area contributed by atoms with Gasteiger partial charge in [0.25, 0.3) is 0 Å². The molecule has 0 saturated heterocycles. The van der Waals surface area contributed by atoms with Crippen molar-refractivity contribution in [3.05, 3.63) is 18.2 Å². The van der Waals surface area contributed by atoms with E-state index in [0.717, 1.165) is 12.8 Å². The summed E-state index contributed by atoms with van der Waals surface area (Å²) in [6, 6.07) is -0.463. The zero-order valence-corrected chi connectivity index (χ0v) is 12.4. The Morgan fingerprint density at radius 3 is 2.90 bits per heavy atom. The summed E-state index contributed by atoms with van der Waals surface area (Å²) in [5.74, 6) is 0.0532. The monoisotopic (exact) mass is 294 g/mol. The zero-order chi connectivity index (χ0) is 15.5. The van der Waals surface area contributed by atoms with Crippen LogP contribution in [0.2, 0.25) is 0 Å². The molecule has 2 rings (SSSR count). The number of imidazole rings is 1. The van der Waals surface area contributed by atoms with Gasteiger partial charge in [0, 0.05) is 19.4 Å². The molecule has 21 heavy (non-hydrogen) atoms. The number of aliphatic carboxylic acids is 1. The maximum Gasteiger partial charge on any atom is 0.329 e. The largest absolute Gasteiger partial charge is 0.480 e. The Balaban J connectivity index is 1.95. The topological polar surface area (TPSA) is 96.3 Å². The normalized spacial score (nSPS) is 25.3. The average molecular weight is 294 g/mol. The van der Waals surface area contributed by atoms with E-state index in [-0.39, 0.29) is 6.54 Å². The van der Waals surface area contributed by atoms with Crippen LogP contribution in [0.3, 0.4) is 0 Å². The van der Waals surface area contributed by atoms with Crippen LogP contribution in [-0.4, -0.2) is 32.2 Å². The Hall–Kier alpha value is -2.05. The first-order valence-corrected chi connectivity index (χ1v) is 7.18. The van der Waals surface area contributed by atoms with Crippen LogP contribution >= 0.6 is 0 Å². The van der Waals surface area contributed by atoms with E-state index >= 15 is 0 Å². The molecule has 0 bridgehead atoms. The van der Waals surface area contributed by atoms with Crippen LogP contribution in [0.4, 0.5) is 4.79 Å². The molecule has 3 N–H and O–H groups in total. The van der Waals surface area contributed by atoms with E-state index in [2.05, 4.69) is 15.6 Å². The van der Waals surface area contributed by atoms with Gasteiger partial charge in [0.2, 0.25) is 0 Å². The van der Waals surface area contributed by atoms with Gasteiger partial charge in [-0.1, -0.05) is 19.8 Å². The number of rotatable bonds is 4. The Morgan fingerprint density at radius 2 is 2.33 bits per heavy atom. The van der Waals surface area contributed by atoms with Crippen molar-refractivity contribution in [1.29, 1.82) is 0 Å². The second-order valence-electron chi connectivity index (χ2n) is 5.85. The number of aryl methyl sites for hydroxylation is 1. The summed E-state index contributed by atoms with van der Waals surface area (Å²) < 4.78 is 1.80. The lowest BCUT2D eigenvalue weighted by atomic mass is 9.76. The quantitative estimate of drug-likeness (QED) is 0.778. The van der Waals surface area contributed by atoms with Crippen LogP contribution in [0.25, 0.3) is 0 Å². The van der Waals surface area contributed by atoms with Crippen LogP contribution < -0.4 is 10.6 Å². The molecule has 1 aromatic heterocycles. The number of hydrogen-bond acceptors (Lipinski definition) is 3. The van der Waals surface area contributed by atoms with Crippen molar-refractivity contribution in [1.82, 2.24) is 20.2 Å². The molecule has 1 heterocycles. The summed E-state index contributed by atoms with van der Waals surface area (Å²) in [5, 5.41) is 14.8. The first-order chi connectivity index (χ1) is 9.93. The van der Waals surface area contributed by atoms with Gasteiger partial charge in [0.1, 0.15) is 11.4 Å². The minimum absolute atomic E-state index is 0.264. The molecule has 0 radical (unpaired) electrons. The van der Waals surface area contributed by atoms with Crippen molar-refractivity contribution in [2.75, 3.05) is 0 Å². The number of aromatic nitrogens is 2. The van der Waals surface area contributed by atoms with Gasteiger partial charge >= 0.3 is 12.0 Å². The Bertz CT molecular complexity index is 528. The Labute approximate surface area is 123 Å². The van der Waals surface area contributed by atoms with Crippen molar-refractivity contribution >= 4 is 12.0 Å². The molecule has 1 saturated carbocycles. The Kier molecular flexibility index (Phi) is 4.50. The van der Waals surface area contributed by atoms with Crippen molar-refractivity contribution in [3.8, 4) is 0 Å². The predicted octanol–water partition coefficient (Wildman–Crippen LogP) is 1.25. The molecular formula is C14H22N4O3. The molecule has 0 spiro atoms. The van der Waals surface area contributed by atoms with Gasteiger partial charge in [-0.3, -0.25) is 0 Å². The molecule has 7 heteroatoms. The van der Waals surface area contributed by atoms with Gasteiger partial charge in [-0.25, -0.2) is 14.6 Å². The summed E-state index contributed by atoms with van der Waals surface area (Å²) >= 11 is 0. The summed E-state index contributed by atoms with van der Waals surface area (Å²) in [5.41, 5.74) is -1.15. The highest BCUT2D eigenvalue weighted by molar-refractivity contribution is 5.86. The van der Waals surface area contributed by atoms with E-state index in [0.29, 0.717) is 24.6 Å². The minimum Gasteiger partial charge on any atom is -0.480 e. The third-order valence-electron chi connectivity index (χ3n) is 4.09. The smallest absolute Gasteiger partial charge is 0.329 e. The van der Waals surface area contributed by atoms with E-state index in [1.165, 1.54) is 0 Å². The van der Waals surface area contributed by atoms with Gasteiger partial charge in [-0.05, 0) is 18.8 Å². The molecule has 116 valence electrons. The van der Waals surface area contributed by atoms with Crippen LogP contribution in [-0.2, 0) is 18.4 Å². The standard InChI is InChI=1S/C14H22N4O3/c1-10-4-3-5-14(8-10,12(19)20)17-13(21)16-9-11-15-6-7-18(11)2/h6-7,10H,3-5,8-9H2,1-2H3,(H,19,20)(H2,16,17,21). The fourth-order valence-electron chi connectivity index (χ4n) is 2.90. The van der Waals surface area contributed by atoms with Crippen molar-refractivity contribution < 1.29 is 14.7 Å². The van der Waals surface area contributed by atoms with Crippen LogP contribution in [0.1, 0.15) is 38.4 Å². The summed E-state index contributed by atoms with van der Waals surface area (Å²) in [6.07, 6.45) is 6.20. The number of carbonyl (C=O) groups excluding carboxylic acids is 1. The second kappa shape index (κ2) is 6.15. The number of amides is 2. The van der Waals surface area contributed by atoms with E-state index in [1.807, 2.05) is 14.0 Å². The molecule has 1 fully saturated rings. The Morgan fingerprint density at radius 1 is 1.57 bits per heavy atom. The van der Waals surface area contributed by atoms with E-state index in [1.54, 1.807) is 17.0 Å². The molecule has 2 unspecified atom stereocenters. The van der Waals surface area contributed by atoms with Gasteiger partial charge in [-0.2, -0.15) is 0 Å². The fraction of sp³-hybridized carbons (Fsp3) is 0.643. The van der Waals surface area contributed by atoms with Gasteiger partial charge in [0.15, 0.2) is 0 Å². The van der Waals surface area contributed by atoms with Crippen molar-refractivity contribution in [3.63, 3.8) is 0 Å². The zero-order valence-electron chi connectivity index (χ0n) is 12.4. The highest BCUT2D eigenvalue weighted by atomic mass is 16.4. The van der Waals surface area contributed by atoms with Gasteiger partial charge < -0.3 is 20.3 Å². The highest BCUT2D eigenvalue weighted by Crippen LogP contribution is 2.32. The third kappa shape index (κ3) is 3.53. The number of hydrogen-bond donors (Lipinski definition) is 3. The van der Waals surface area contributed by atoms with E-state index in [9.17, 15) is 14.7 Å². The summed E-state index contributed by atoms with van der Waals surface area (Å²) in [6.45, 7) is 2.28. The first-order valence-electron chi connectivity index (χ1n) is 7.18. The summed E-state index contributed by atoms with van der Waals surface area (Å²) in [4.78, 5) is 27.7. The van der Waals surface area contributed by atoms with Crippen molar-refractivity contribution in [2.45, 2.75) is 44.7 Å². The molecule has 2 atom stereocenters. The van der Waals surface area contributed by atoms with Crippen LogP contribution in [0, 0.1) is 5.92 Å². The average Bonchev–Trinajstić information content (AvgIpc) is 2.82. The summed E-state index contributed by atoms with van der Waals surface area (Å²) in [7, 11) is 1.84. The third-order valence-corrected chi connectivity index (χ3v) is 4.09. The number of carboxylic acid groups (broad SMARTS) is 1. The molecule has 1 aliphatic carbocycles. The van der Waals surface area contributed by atoms with Crippen molar-refractivity contribution in [2.24, 2.45) is 13.0 Å². The molecule has 0 aliphatic heterocycles.